The summed E-state index contributed by atoms with van der Waals surface area (Å²) in [5, 5.41) is 9.58. The summed E-state index contributed by atoms with van der Waals surface area (Å²) >= 11 is 1.65. The fraction of sp³-hybridized carbons (Fsp3) is 0.241. The van der Waals surface area contributed by atoms with Crippen molar-refractivity contribution in [3.63, 3.8) is 0 Å². The van der Waals surface area contributed by atoms with Crippen LogP contribution in [0.4, 0.5) is 8.78 Å². The van der Waals surface area contributed by atoms with Gasteiger partial charge in [0.2, 0.25) is 0 Å². The number of nitrogens with zero attached hydrogens (tertiary/aromatic N) is 2. The molecule has 0 aliphatic carbocycles. The van der Waals surface area contributed by atoms with Crippen LogP contribution in [0.15, 0.2) is 84.0 Å². The number of hydrogen-bond donors (Lipinski definition) is 1. The van der Waals surface area contributed by atoms with Gasteiger partial charge in [-0.15, -0.1) is 0 Å². The van der Waals surface area contributed by atoms with Crippen LogP contribution in [0.5, 0.6) is 0 Å². The fourth-order valence-electron chi connectivity index (χ4n) is 4.07. The maximum Gasteiger partial charge on any atom is 0.303 e. The Hall–Kier alpha value is -3.45. The Bertz CT molecular complexity index is 1270. The van der Waals surface area contributed by atoms with Crippen LogP contribution in [0, 0.1) is 11.6 Å². The molecule has 186 valence electrons. The molecule has 0 saturated heterocycles. The molecule has 0 saturated carbocycles. The van der Waals surface area contributed by atoms with Crippen molar-refractivity contribution >= 4 is 17.7 Å². The van der Waals surface area contributed by atoms with E-state index in [1.807, 2.05) is 30.3 Å². The highest BCUT2D eigenvalue weighted by Crippen LogP contribution is 2.38. The van der Waals surface area contributed by atoms with Crippen molar-refractivity contribution in [3.8, 4) is 28.2 Å². The van der Waals surface area contributed by atoms with Gasteiger partial charge in [-0.25, -0.2) is 13.8 Å². The monoisotopic (exact) mass is 506 g/mol. The topological polar surface area (TPSA) is 55.1 Å². The van der Waals surface area contributed by atoms with Gasteiger partial charge in [-0.2, -0.15) is 0 Å². The third-order valence-electron chi connectivity index (χ3n) is 5.86. The maximum atomic E-state index is 13.8. The third kappa shape index (κ3) is 6.61. The molecule has 4 aromatic rings. The van der Waals surface area contributed by atoms with E-state index >= 15 is 0 Å². The van der Waals surface area contributed by atoms with E-state index in [9.17, 15) is 13.6 Å². The first-order valence-electron chi connectivity index (χ1n) is 12.1. The number of unbranched alkanes of at least 4 members (excludes halogenated alkanes) is 4. The number of carbonyl (C=O) groups is 1. The van der Waals surface area contributed by atoms with E-state index in [0.29, 0.717) is 12.1 Å². The molecule has 7 heteroatoms. The highest BCUT2D eigenvalue weighted by atomic mass is 32.2. The van der Waals surface area contributed by atoms with Crippen LogP contribution in [0.2, 0.25) is 0 Å². The first-order valence-corrected chi connectivity index (χ1v) is 13.1. The van der Waals surface area contributed by atoms with Crippen molar-refractivity contribution in [1.82, 2.24) is 9.55 Å². The lowest BCUT2D eigenvalue weighted by molar-refractivity contribution is -0.137. The van der Waals surface area contributed by atoms with E-state index in [2.05, 4.69) is 4.57 Å². The Morgan fingerprint density at radius 3 is 2.00 bits per heavy atom. The number of hydrogen-bond acceptors (Lipinski definition) is 3. The largest absolute Gasteiger partial charge is 0.481 e. The van der Waals surface area contributed by atoms with Crippen molar-refractivity contribution in [1.29, 1.82) is 0 Å². The van der Waals surface area contributed by atoms with E-state index < -0.39 is 5.97 Å². The highest BCUT2D eigenvalue weighted by Gasteiger charge is 2.21. The molecule has 0 amide bonds. The number of imidazole rings is 1. The summed E-state index contributed by atoms with van der Waals surface area (Å²) in [5.74, 6) is -0.519. The number of rotatable bonds is 12. The number of thioether (sulfide) groups is 1. The third-order valence-corrected chi connectivity index (χ3v) is 6.89. The van der Waals surface area contributed by atoms with Crippen LogP contribution in [-0.2, 0) is 4.79 Å². The maximum absolute atomic E-state index is 13.8. The van der Waals surface area contributed by atoms with Gasteiger partial charge in [0.25, 0.3) is 0 Å². The van der Waals surface area contributed by atoms with Crippen molar-refractivity contribution in [3.05, 3.63) is 90.5 Å². The molecule has 0 unspecified atom stereocenters. The molecule has 36 heavy (non-hydrogen) atoms. The van der Waals surface area contributed by atoms with Gasteiger partial charge in [0.15, 0.2) is 5.16 Å². The zero-order chi connectivity index (χ0) is 25.3. The molecule has 0 aliphatic rings. The summed E-state index contributed by atoms with van der Waals surface area (Å²) in [6.07, 6.45) is 4.86. The van der Waals surface area contributed by atoms with Gasteiger partial charge in [0.05, 0.1) is 11.4 Å². The number of aromatic nitrogens is 2. The second-order valence-corrected chi connectivity index (χ2v) is 9.60. The molecule has 1 N–H and O–H groups in total. The van der Waals surface area contributed by atoms with Crippen LogP contribution >= 0.6 is 11.8 Å². The van der Waals surface area contributed by atoms with E-state index in [4.69, 9.17) is 10.1 Å². The number of carboxylic acid groups (broad SMARTS) is 1. The van der Waals surface area contributed by atoms with Gasteiger partial charge in [0, 0.05) is 29.0 Å². The Morgan fingerprint density at radius 2 is 1.36 bits per heavy atom. The molecule has 0 fully saturated rings. The smallest absolute Gasteiger partial charge is 0.303 e. The van der Waals surface area contributed by atoms with Crippen molar-refractivity contribution in [2.45, 2.75) is 43.7 Å². The van der Waals surface area contributed by atoms with Crippen molar-refractivity contribution in [2.75, 3.05) is 5.75 Å². The minimum absolute atomic E-state index is 0.224. The lowest BCUT2D eigenvalue weighted by Crippen LogP contribution is -2.00. The number of carboxylic acids is 1. The van der Waals surface area contributed by atoms with Crippen molar-refractivity contribution < 1.29 is 18.7 Å². The van der Waals surface area contributed by atoms with Crippen LogP contribution in [-0.4, -0.2) is 26.4 Å². The second kappa shape index (κ2) is 12.5. The molecule has 0 spiro atoms. The molecule has 4 rings (SSSR count). The van der Waals surface area contributed by atoms with Gasteiger partial charge >= 0.3 is 5.97 Å². The van der Waals surface area contributed by atoms with E-state index in [0.717, 1.165) is 59.1 Å². The van der Waals surface area contributed by atoms with E-state index in [1.165, 1.54) is 24.3 Å². The summed E-state index contributed by atoms with van der Waals surface area (Å²) in [7, 11) is 0. The molecule has 1 aromatic heterocycles. The Labute approximate surface area is 214 Å². The van der Waals surface area contributed by atoms with E-state index in [-0.39, 0.29) is 18.1 Å². The molecule has 0 bridgehead atoms. The second-order valence-electron chi connectivity index (χ2n) is 8.54. The minimum Gasteiger partial charge on any atom is -0.481 e. The summed E-state index contributed by atoms with van der Waals surface area (Å²) in [6, 6.07) is 22.5. The van der Waals surface area contributed by atoms with Gasteiger partial charge in [-0.05, 0) is 73.5 Å². The van der Waals surface area contributed by atoms with Gasteiger partial charge in [-0.1, -0.05) is 49.2 Å². The summed E-state index contributed by atoms with van der Waals surface area (Å²) in [6.45, 7) is 0. The standard InChI is InChI=1S/C29H28F2N2O2S/c30-23-16-12-21(13-17-23)27-28(22-14-18-24(31)19-15-22)33(25-9-5-4-6-10-25)29(32-27)36-20-8-3-1-2-7-11-26(34)35/h4-6,9-10,12-19H,1-3,7-8,11,20H2,(H,34,35). The number of benzene rings is 3. The Kier molecular flexibility index (Phi) is 8.90. The first-order chi connectivity index (χ1) is 17.5. The number of halogens is 2. The van der Waals surface area contributed by atoms with Gasteiger partial charge in [0.1, 0.15) is 11.6 Å². The molecule has 4 nitrogen and oxygen atoms in total. The number of para-hydroxylation sites is 1. The van der Waals surface area contributed by atoms with Gasteiger partial charge < -0.3 is 5.11 Å². The zero-order valence-corrected chi connectivity index (χ0v) is 20.7. The Morgan fingerprint density at radius 1 is 0.778 bits per heavy atom. The van der Waals surface area contributed by atoms with Crippen LogP contribution in [0.1, 0.15) is 38.5 Å². The van der Waals surface area contributed by atoms with Crippen molar-refractivity contribution in [2.24, 2.45) is 0 Å². The van der Waals surface area contributed by atoms with Crippen LogP contribution in [0.3, 0.4) is 0 Å². The number of aliphatic carboxylic acids is 1. The minimum atomic E-state index is -0.743. The molecule has 0 aliphatic heterocycles. The average molecular weight is 507 g/mol. The normalized spacial score (nSPS) is 11.1. The van der Waals surface area contributed by atoms with Gasteiger partial charge in [-0.3, -0.25) is 9.36 Å². The SMILES string of the molecule is O=C(O)CCCCCCCSc1nc(-c2ccc(F)cc2)c(-c2ccc(F)cc2)n1-c1ccccc1. The molecular formula is C29H28F2N2O2S. The Balaban J connectivity index is 1.65. The quantitative estimate of drug-likeness (QED) is 0.156. The van der Waals surface area contributed by atoms with Crippen LogP contribution < -0.4 is 0 Å². The highest BCUT2D eigenvalue weighted by molar-refractivity contribution is 7.99. The molecule has 0 radical (unpaired) electrons. The predicted octanol–water partition coefficient (Wildman–Crippen LogP) is 8.00. The van der Waals surface area contributed by atoms with E-state index in [1.54, 1.807) is 36.0 Å². The molecule has 0 atom stereocenters. The fourth-order valence-corrected chi connectivity index (χ4v) is 5.08. The predicted molar refractivity (Wildman–Crippen MR) is 140 cm³/mol. The molecule has 3 aromatic carbocycles. The average Bonchev–Trinajstić information content (AvgIpc) is 3.26. The zero-order valence-electron chi connectivity index (χ0n) is 19.9. The molecule has 1 heterocycles. The summed E-state index contributed by atoms with van der Waals surface area (Å²) < 4.78 is 29.5. The lowest BCUT2D eigenvalue weighted by atomic mass is 10.0. The first kappa shape index (κ1) is 25.6. The summed E-state index contributed by atoms with van der Waals surface area (Å²) in [5.41, 5.74) is 4.07. The summed E-state index contributed by atoms with van der Waals surface area (Å²) in [4.78, 5) is 15.7. The molecular weight excluding hydrogens is 478 g/mol. The lowest BCUT2D eigenvalue weighted by Gasteiger charge is -2.13. The van der Waals surface area contributed by atoms with Crippen LogP contribution in [0.25, 0.3) is 28.2 Å².